The Morgan fingerprint density at radius 3 is 1.32 bits per heavy atom. The fraction of sp³-hybridized carbons (Fsp3) is 1.00. The van der Waals surface area contributed by atoms with E-state index in [1.807, 2.05) is 0 Å². The average molecular weight is 361 g/mol. The van der Waals surface area contributed by atoms with Crippen LogP contribution in [0.15, 0.2) is 0 Å². The highest BCUT2D eigenvalue weighted by atomic mass is 28.3. The van der Waals surface area contributed by atoms with Crippen LogP contribution in [0, 0.1) is 47.3 Å². The summed E-state index contributed by atoms with van der Waals surface area (Å²) in [6.45, 7) is 16.2. The van der Waals surface area contributed by atoms with Crippen molar-refractivity contribution in [1.82, 2.24) is 0 Å². The lowest BCUT2D eigenvalue weighted by Crippen LogP contribution is -2.47. The summed E-state index contributed by atoms with van der Waals surface area (Å²) in [5.41, 5.74) is 2.26. The fourth-order valence-corrected chi connectivity index (χ4v) is 16.2. The molecule has 0 aromatic carbocycles. The van der Waals surface area contributed by atoms with Gasteiger partial charge in [0.1, 0.15) is 0 Å². The molecule has 0 saturated heterocycles. The van der Waals surface area contributed by atoms with E-state index in [0.717, 1.165) is 58.4 Å². The maximum atomic E-state index is 2.86. The van der Waals surface area contributed by atoms with Crippen LogP contribution < -0.4 is 0 Å². The van der Waals surface area contributed by atoms with Crippen LogP contribution in [-0.4, -0.2) is 8.07 Å². The lowest BCUT2D eigenvalue weighted by molar-refractivity contribution is 0.188. The number of rotatable bonds is 2. The predicted octanol–water partition coefficient (Wildman–Crippen LogP) is 7.62. The Balaban J connectivity index is 1.62. The Morgan fingerprint density at radius 2 is 0.920 bits per heavy atom. The summed E-state index contributed by atoms with van der Waals surface area (Å²) < 4.78 is 0. The van der Waals surface area contributed by atoms with E-state index in [1.165, 1.54) is 25.7 Å². The van der Waals surface area contributed by atoms with E-state index in [4.69, 9.17) is 0 Å². The van der Waals surface area contributed by atoms with Gasteiger partial charge in [0.25, 0.3) is 0 Å². The van der Waals surface area contributed by atoms with Crippen LogP contribution in [0.25, 0.3) is 0 Å². The van der Waals surface area contributed by atoms with Gasteiger partial charge in [-0.2, -0.15) is 0 Å². The van der Waals surface area contributed by atoms with Crippen LogP contribution in [0.5, 0.6) is 0 Å². The van der Waals surface area contributed by atoms with Crippen LogP contribution in [-0.2, 0) is 0 Å². The number of fused-ring (bicyclic) bond motifs is 2. The molecule has 0 bridgehead atoms. The first-order valence-electron chi connectivity index (χ1n) is 11.8. The normalized spacial score (nSPS) is 53.5. The van der Waals surface area contributed by atoms with Gasteiger partial charge in [-0.25, -0.2) is 0 Å². The standard InChI is InChI=1S/C24H44Si/c1-15-9-7-11-19-21(15)13-17(3)23(19)25(5,6)24-18(4)14-22-16(2)10-8-12-20(22)24/h15-24H,7-14H2,1-6H3. The van der Waals surface area contributed by atoms with E-state index in [9.17, 15) is 0 Å². The van der Waals surface area contributed by atoms with Gasteiger partial charge in [0, 0.05) is 0 Å². The third kappa shape index (κ3) is 2.90. The largest absolute Gasteiger partial charge is 0.0689 e. The van der Waals surface area contributed by atoms with Crippen molar-refractivity contribution >= 4 is 8.07 Å². The molecule has 0 heterocycles. The molecule has 4 rings (SSSR count). The first kappa shape index (κ1) is 18.6. The molecule has 0 aromatic rings. The molecule has 0 aromatic heterocycles. The quantitative estimate of drug-likeness (QED) is 0.444. The van der Waals surface area contributed by atoms with Crippen molar-refractivity contribution in [3.8, 4) is 0 Å². The van der Waals surface area contributed by atoms with E-state index >= 15 is 0 Å². The highest BCUT2D eigenvalue weighted by Gasteiger charge is 2.58. The molecule has 0 radical (unpaired) electrons. The second-order valence-electron chi connectivity index (χ2n) is 11.8. The molecule has 144 valence electrons. The molecule has 0 aliphatic heterocycles. The maximum absolute atomic E-state index is 2.86. The third-order valence-corrected chi connectivity index (χ3v) is 15.5. The van der Waals surface area contributed by atoms with Gasteiger partial charge in [0.2, 0.25) is 0 Å². The van der Waals surface area contributed by atoms with Crippen molar-refractivity contribution < 1.29 is 0 Å². The Bertz CT molecular complexity index is 440. The summed E-state index contributed by atoms with van der Waals surface area (Å²) in [7, 11) is -1.24. The minimum Gasteiger partial charge on any atom is -0.0689 e. The molecule has 0 amide bonds. The molecule has 4 fully saturated rings. The monoisotopic (exact) mass is 360 g/mol. The van der Waals surface area contributed by atoms with E-state index in [-0.39, 0.29) is 0 Å². The minimum absolute atomic E-state index is 1.01. The van der Waals surface area contributed by atoms with Crippen molar-refractivity contribution in [2.45, 2.75) is 103 Å². The van der Waals surface area contributed by atoms with Crippen LogP contribution in [0.4, 0.5) is 0 Å². The molecule has 4 saturated carbocycles. The third-order valence-electron chi connectivity index (χ3n) is 10.1. The Labute approximate surface area is 158 Å². The molecule has 0 nitrogen and oxygen atoms in total. The van der Waals surface area contributed by atoms with E-state index < -0.39 is 8.07 Å². The van der Waals surface area contributed by atoms with Gasteiger partial charge >= 0.3 is 0 Å². The number of hydrogen-bond donors (Lipinski definition) is 0. The molecule has 0 spiro atoms. The van der Waals surface area contributed by atoms with Crippen molar-refractivity contribution in [1.29, 1.82) is 0 Å². The van der Waals surface area contributed by atoms with Gasteiger partial charge in [-0.1, -0.05) is 79.3 Å². The Morgan fingerprint density at radius 1 is 0.520 bits per heavy atom. The molecular formula is C24H44Si. The summed E-state index contributed by atoms with van der Waals surface area (Å²) in [4.78, 5) is 0. The molecular weight excluding hydrogens is 316 g/mol. The zero-order valence-corrected chi connectivity index (χ0v) is 18.9. The highest BCUT2D eigenvalue weighted by molar-refractivity contribution is 6.80. The highest BCUT2D eigenvalue weighted by Crippen LogP contribution is 2.65. The minimum atomic E-state index is -1.24. The molecule has 10 atom stereocenters. The summed E-state index contributed by atoms with van der Waals surface area (Å²) in [6, 6.07) is 0. The molecule has 1 heteroatoms. The van der Waals surface area contributed by atoms with Crippen LogP contribution in [0.2, 0.25) is 24.2 Å². The van der Waals surface area contributed by atoms with Crippen molar-refractivity contribution in [3.05, 3.63) is 0 Å². The molecule has 4 aliphatic carbocycles. The summed E-state index contributed by atoms with van der Waals surface area (Å²) in [5, 5.41) is 0. The first-order chi connectivity index (χ1) is 11.8. The van der Waals surface area contributed by atoms with E-state index in [2.05, 4.69) is 40.8 Å². The van der Waals surface area contributed by atoms with Gasteiger partial charge in [-0.3, -0.25) is 0 Å². The Hall–Kier alpha value is 0.217. The van der Waals surface area contributed by atoms with E-state index in [1.54, 1.807) is 25.7 Å². The molecule has 0 N–H and O–H groups in total. The predicted molar refractivity (Wildman–Crippen MR) is 113 cm³/mol. The zero-order valence-electron chi connectivity index (χ0n) is 17.9. The van der Waals surface area contributed by atoms with Crippen LogP contribution >= 0.6 is 0 Å². The molecule has 25 heavy (non-hydrogen) atoms. The molecule has 10 unspecified atom stereocenters. The fourth-order valence-electron chi connectivity index (χ4n) is 9.55. The smallest absolute Gasteiger partial charge is 0.0546 e. The number of hydrogen-bond acceptors (Lipinski definition) is 0. The van der Waals surface area contributed by atoms with Crippen molar-refractivity contribution in [2.24, 2.45) is 47.3 Å². The summed E-state index contributed by atoms with van der Waals surface area (Å²) in [5.74, 6) is 8.44. The first-order valence-corrected chi connectivity index (χ1v) is 15.0. The maximum Gasteiger partial charge on any atom is 0.0546 e. The van der Waals surface area contributed by atoms with Crippen molar-refractivity contribution in [2.75, 3.05) is 0 Å². The Kier molecular flexibility index (Phi) is 4.96. The topological polar surface area (TPSA) is 0 Å². The second-order valence-corrected chi connectivity index (χ2v) is 16.7. The lowest BCUT2D eigenvalue weighted by atomic mass is 9.74. The lowest BCUT2D eigenvalue weighted by Gasteiger charge is -2.48. The van der Waals surface area contributed by atoms with Crippen molar-refractivity contribution in [3.63, 3.8) is 0 Å². The summed E-state index contributed by atoms with van der Waals surface area (Å²) in [6.07, 6.45) is 12.4. The van der Waals surface area contributed by atoms with Crippen LogP contribution in [0.3, 0.4) is 0 Å². The van der Waals surface area contributed by atoms with Crippen LogP contribution in [0.1, 0.15) is 79.1 Å². The van der Waals surface area contributed by atoms with Gasteiger partial charge in [-0.15, -0.1) is 0 Å². The summed E-state index contributed by atoms with van der Waals surface area (Å²) >= 11 is 0. The SMILES string of the molecule is CC1CCCC2C1CC(C)C2[Si](C)(C)C1C(C)CC2C(C)CCCC21. The molecule has 4 aliphatic rings. The zero-order chi connectivity index (χ0) is 17.9. The van der Waals surface area contributed by atoms with Gasteiger partial charge in [0.15, 0.2) is 0 Å². The van der Waals surface area contributed by atoms with Gasteiger partial charge in [-0.05, 0) is 71.3 Å². The van der Waals surface area contributed by atoms with Gasteiger partial charge < -0.3 is 0 Å². The van der Waals surface area contributed by atoms with E-state index in [0.29, 0.717) is 0 Å². The average Bonchev–Trinajstić information content (AvgIpc) is 3.06. The second kappa shape index (κ2) is 6.68. The van der Waals surface area contributed by atoms with Gasteiger partial charge in [0.05, 0.1) is 8.07 Å².